The van der Waals surface area contributed by atoms with Crippen molar-refractivity contribution in [3.8, 4) is 0 Å². The van der Waals surface area contributed by atoms with Crippen LogP contribution in [0.2, 0.25) is 0 Å². The van der Waals surface area contributed by atoms with Gasteiger partial charge in [0.15, 0.2) is 5.69 Å². The van der Waals surface area contributed by atoms with E-state index in [4.69, 9.17) is 4.74 Å². The topological polar surface area (TPSA) is 92.8 Å². The molecule has 0 fully saturated rings. The lowest BCUT2D eigenvalue weighted by atomic mass is 10.2. The largest absolute Gasteiger partial charge is 0.382 e. The Labute approximate surface area is 110 Å². The van der Waals surface area contributed by atoms with E-state index in [0.717, 1.165) is 5.69 Å². The predicted octanol–water partition coefficient (Wildman–Crippen LogP) is 0.626. The number of ether oxygens (including phenoxy) is 1. The first-order chi connectivity index (χ1) is 9.22. The molecule has 2 heterocycles. The van der Waals surface area contributed by atoms with Crippen LogP contribution in [0.25, 0.3) is 0 Å². The van der Waals surface area contributed by atoms with Crippen LogP contribution in [-0.4, -0.2) is 40.0 Å². The Morgan fingerprint density at radius 1 is 1.47 bits per heavy atom. The zero-order valence-corrected chi connectivity index (χ0v) is 10.8. The number of nitrogens with one attached hydrogen (secondary N) is 2. The fourth-order valence-corrected chi connectivity index (χ4v) is 1.68. The fourth-order valence-electron chi connectivity index (χ4n) is 1.68. The highest BCUT2D eigenvalue weighted by atomic mass is 16.5. The van der Waals surface area contributed by atoms with Crippen molar-refractivity contribution in [1.29, 1.82) is 0 Å². The van der Waals surface area contributed by atoms with Crippen LogP contribution in [0.15, 0.2) is 24.4 Å². The Kier molecular flexibility index (Phi) is 4.19. The molecule has 2 aromatic heterocycles. The van der Waals surface area contributed by atoms with Crippen LogP contribution in [0.1, 0.15) is 27.9 Å². The number of hydrogen-bond donors (Lipinski definition) is 2. The minimum absolute atomic E-state index is 0.275. The number of carbonyl (C=O) groups is 1. The Morgan fingerprint density at radius 2 is 2.32 bits per heavy atom. The minimum Gasteiger partial charge on any atom is -0.382 e. The van der Waals surface area contributed by atoms with Gasteiger partial charge in [-0.2, -0.15) is 15.4 Å². The van der Waals surface area contributed by atoms with Crippen molar-refractivity contribution in [2.24, 2.45) is 0 Å². The van der Waals surface area contributed by atoms with Gasteiger partial charge in [-0.3, -0.25) is 9.78 Å². The number of aromatic nitrogens is 4. The first kappa shape index (κ1) is 13.2. The van der Waals surface area contributed by atoms with Crippen molar-refractivity contribution in [1.82, 2.24) is 25.7 Å². The molecule has 2 aromatic rings. The monoisotopic (exact) mass is 261 g/mol. The summed E-state index contributed by atoms with van der Waals surface area (Å²) in [7, 11) is 1.57. The summed E-state index contributed by atoms with van der Waals surface area (Å²) < 4.78 is 5.11. The number of rotatable bonds is 5. The van der Waals surface area contributed by atoms with Gasteiger partial charge in [0.25, 0.3) is 5.91 Å². The molecule has 7 heteroatoms. The van der Waals surface area contributed by atoms with Gasteiger partial charge in [-0.1, -0.05) is 6.07 Å². The average Bonchev–Trinajstić information content (AvgIpc) is 2.85. The smallest absolute Gasteiger partial charge is 0.274 e. The number of pyridine rings is 1. The van der Waals surface area contributed by atoms with E-state index in [1.165, 1.54) is 0 Å². The maximum Gasteiger partial charge on any atom is 0.274 e. The van der Waals surface area contributed by atoms with E-state index in [1.54, 1.807) is 20.2 Å². The Bertz CT molecular complexity index is 540. The summed E-state index contributed by atoms with van der Waals surface area (Å²) in [5.41, 5.74) is 1.56. The molecule has 0 aliphatic heterocycles. The van der Waals surface area contributed by atoms with Crippen molar-refractivity contribution < 1.29 is 9.53 Å². The lowest BCUT2D eigenvalue weighted by Crippen LogP contribution is -2.32. The molecule has 1 atom stereocenters. The molecule has 0 spiro atoms. The summed E-state index contributed by atoms with van der Waals surface area (Å²) in [5.74, 6) is -0.307. The number of hydrogen-bond acceptors (Lipinski definition) is 5. The van der Waals surface area contributed by atoms with E-state index in [-0.39, 0.29) is 17.6 Å². The Morgan fingerprint density at radius 3 is 2.89 bits per heavy atom. The number of amides is 1. The molecule has 0 bridgehead atoms. The second-order valence-corrected chi connectivity index (χ2v) is 3.99. The number of H-pyrrole nitrogens is 1. The normalized spacial score (nSPS) is 12.1. The molecule has 2 N–H and O–H groups in total. The lowest BCUT2D eigenvalue weighted by Gasteiger charge is -2.16. The van der Waals surface area contributed by atoms with Crippen LogP contribution in [0, 0.1) is 6.92 Å². The van der Waals surface area contributed by atoms with Crippen LogP contribution >= 0.6 is 0 Å². The number of methoxy groups -OCH3 is 1. The average molecular weight is 261 g/mol. The molecular weight excluding hydrogens is 246 g/mol. The molecule has 0 aromatic carbocycles. The van der Waals surface area contributed by atoms with E-state index in [0.29, 0.717) is 12.3 Å². The van der Waals surface area contributed by atoms with E-state index in [1.807, 2.05) is 18.2 Å². The molecule has 0 aliphatic carbocycles. The molecule has 0 saturated carbocycles. The van der Waals surface area contributed by atoms with E-state index < -0.39 is 0 Å². The van der Waals surface area contributed by atoms with Crippen LogP contribution in [0.5, 0.6) is 0 Å². The molecule has 1 unspecified atom stereocenters. The molecule has 0 radical (unpaired) electrons. The molecule has 7 nitrogen and oxygen atoms in total. The number of aryl methyl sites for hydroxylation is 1. The predicted molar refractivity (Wildman–Crippen MR) is 67.4 cm³/mol. The summed E-state index contributed by atoms with van der Waals surface area (Å²) in [6.07, 6.45) is 1.67. The second kappa shape index (κ2) is 6.05. The third-order valence-corrected chi connectivity index (χ3v) is 2.62. The summed E-state index contributed by atoms with van der Waals surface area (Å²) in [4.78, 5) is 16.3. The van der Waals surface area contributed by atoms with Crippen LogP contribution in [0.4, 0.5) is 0 Å². The van der Waals surface area contributed by atoms with E-state index in [9.17, 15) is 4.79 Å². The first-order valence-corrected chi connectivity index (χ1v) is 5.80. The van der Waals surface area contributed by atoms with Crippen molar-refractivity contribution >= 4 is 5.91 Å². The molecule has 100 valence electrons. The summed E-state index contributed by atoms with van der Waals surface area (Å²) in [6, 6.07) is 5.18. The van der Waals surface area contributed by atoms with Crippen molar-refractivity contribution in [2.45, 2.75) is 13.0 Å². The number of nitrogens with zero attached hydrogens (tertiary/aromatic N) is 3. The standard InChI is InChI=1S/C12H15N5O2/c1-8-11(16-17-15-8)12(18)14-10(7-19-2)9-5-3-4-6-13-9/h3-6,10H,7H2,1-2H3,(H,14,18)(H,15,16,17). The molecule has 19 heavy (non-hydrogen) atoms. The molecule has 0 saturated heterocycles. The quantitative estimate of drug-likeness (QED) is 0.823. The van der Waals surface area contributed by atoms with Crippen molar-refractivity contribution in [3.05, 3.63) is 41.5 Å². The van der Waals surface area contributed by atoms with Gasteiger partial charge < -0.3 is 10.1 Å². The first-order valence-electron chi connectivity index (χ1n) is 5.80. The Balaban J connectivity index is 2.14. The van der Waals surface area contributed by atoms with Gasteiger partial charge in [0, 0.05) is 13.3 Å². The van der Waals surface area contributed by atoms with Crippen LogP contribution in [-0.2, 0) is 4.74 Å². The zero-order chi connectivity index (χ0) is 13.7. The highest BCUT2D eigenvalue weighted by Crippen LogP contribution is 2.11. The minimum atomic E-state index is -0.324. The third kappa shape index (κ3) is 3.14. The highest BCUT2D eigenvalue weighted by Gasteiger charge is 2.19. The highest BCUT2D eigenvalue weighted by molar-refractivity contribution is 5.93. The number of aromatic amines is 1. The lowest BCUT2D eigenvalue weighted by molar-refractivity contribution is 0.0888. The maximum atomic E-state index is 12.1. The third-order valence-electron chi connectivity index (χ3n) is 2.62. The van der Waals surface area contributed by atoms with E-state index >= 15 is 0 Å². The zero-order valence-electron chi connectivity index (χ0n) is 10.8. The molecule has 0 aliphatic rings. The second-order valence-electron chi connectivity index (χ2n) is 3.99. The van der Waals surface area contributed by atoms with Crippen molar-refractivity contribution in [3.63, 3.8) is 0 Å². The molecule has 2 rings (SSSR count). The van der Waals surface area contributed by atoms with Gasteiger partial charge in [0.1, 0.15) is 0 Å². The maximum absolute atomic E-state index is 12.1. The van der Waals surface area contributed by atoms with Gasteiger partial charge in [-0.05, 0) is 19.1 Å². The van der Waals surface area contributed by atoms with Crippen LogP contribution < -0.4 is 5.32 Å². The number of carbonyl (C=O) groups excluding carboxylic acids is 1. The van der Waals surface area contributed by atoms with Gasteiger partial charge in [0.2, 0.25) is 0 Å². The molecule has 1 amide bonds. The fraction of sp³-hybridized carbons (Fsp3) is 0.333. The van der Waals surface area contributed by atoms with E-state index in [2.05, 4.69) is 25.7 Å². The summed E-state index contributed by atoms with van der Waals surface area (Å²) >= 11 is 0. The Hall–Kier alpha value is -2.28. The van der Waals surface area contributed by atoms with Crippen molar-refractivity contribution in [2.75, 3.05) is 13.7 Å². The van der Waals surface area contributed by atoms with Gasteiger partial charge in [0.05, 0.1) is 24.0 Å². The van der Waals surface area contributed by atoms with Gasteiger partial charge in [-0.25, -0.2) is 0 Å². The van der Waals surface area contributed by atoms with Gasteiger partial charge >= 0.3 is 0 Å². The van der Waals surface area contributed by atoms with Gasteiger partial charge in [-0.15, -0.1) is 0 Å². The molecular formula is C12H15N5O2. The summed E-state index contributed by atoms with van der Waals surface area (Å²) in [6.45, 7) is 2.05. The van der Waals surface area contributed by atoms with Crippen LogP contribution in [0.3, 0.4) is 0 Å². The summed E-state index contributed by atoms with van der Waals surface area (Å²) in [5, 5.41) is 12.9. The SMILES string of the molecule is COCC(NC(=O)c1n[nH]nc1C)c1ccccn1.